The molecule has 1 unspecified atom stereocenters. The molecule has 2 N–H and O–H groups in total. The predicted molar refractivity (Wildman–Crippen MR) is 130 cm³/mol. The van der Waals surface area contributed by atoms with Gasteiger partial charge < -0.3 is 24.8 Å². The fourth-order valence-corrected chi connectivity index (χ4v) is 3.39. The molecule has 0 radical (unpaired) electrons. The van der Waals surface area contributed by atoms with E-state index >= 15 is 0 Å². The van der Waals surface area contributed by atoms with E-state index in [2.05, 4.69) is 15.2 Å². The molecule has 2 rings (SSSR count). The van der Waals surface area contributed by atoms with Gasteiger partial charge in [-0.05, 0) is 38.8 Å². The van der Waals surface area contributed by atoms with Gasteiger partial charge in [-0.25, -0.2) is 0 Å². The number of hydrogen-bond donors (Lipinski definition) is 2. The number of ether oxygens (including phenoxy) is 2. The van der Waals surface area contributed by atoms with Gasteiger partial charge in [0, 0.05) is 19.6 Å². The Balaban J connectivity index is 0.00000450. The zero-order valence-electron chi connectivity index (χ0n) is 17.3. The Hall–Kier alpha value is -0.970. The summed E-state index contributed by atoms with van der Waals surface area (Å²) in [7, 11) is 0. The summed E-state index contributed by atoms with van der Waals surface area (Å²) < 4.78 is 10.7. The van der Waals surface area contributed by atoms with Crippen molar-refractivity contribution in [3.63, 3.8) is 0 Å². The van der Waals surface area contributed by atoms with Crippen LogP contribution < -0.4 is 10.1 Å². The molecule has 1 aromatic carbocycles. The monoisotopic (exact) mass is 573 g/mol. The van der Waals surface area contributed by atoms with Crippen molar-refractivity contribution >= 4 is 59.1 Å². The van der Waals surface area contributed by atoms with Gasteiger partial charge >= 0.3 is 5.97 Å². The second-order valence-corrected chi connectivity index (χ2v) is 7.51. The van der Waals surface area contributed by atoms with Crippen LogP contribution in [-0.4, -0.2) is 67.4 Å². The smallest absolute Gasteiger partial charge is 0.309 e. The minimum Gasteiger partial charge on any atom is -0.489 e. The maximum absolute atomic E-state index is 11.9. The van der Waals surface area contributed by atoms with Crippen LogP contribution >= 0.6 is 47.2 Å². The third kappa shape index (κ3) is 8.28. The molecule has 1 aliphatic rings. The molecule has 1 aromatic rings. The number of aliphatic imine (C=N–C) groups is 1. The van der Waals surface area contributed by atoms with Crippen molar-refractivity contribution in [3.05, 3.63) is 28.2 Å². The van der Waals surface area contributed by atoms with Crippen LogP contribution in [0.1, 0.15) is 26.7 Å². The number of aliphatic hydroxyl groups is 1. The Morgan fingerprint density at radius 3 is 2.67 bits per heavy atom. The third-order valence-electron chi connectivity index (χ3n) is 4.55. The van der Waals surface area contributed by atoms with E-state index in [1.807, 2.05) is 13.8 Å². The van der Waals surface area contributed by atoms with E-state index in [1.54, 1.807) is 18.2 Å². The average molecular weight is 574 g/mol. The van der Waals surface area contributed by atoms with E-state index in [0.29, 0.717) is 42.0 Å². The van der Waals surface area contributed by atoms with Crippen molar-refractivity contribution in [2.45, 2.75) is 32.8 Å². The zero-order valence-corrected chi connectivity index (χ0v) is 21.1. The Morgan fingerprint density at radius 2 is 2.03 bits per heavy atom. The molecule has 1 saturated heterocycles. The second kappa shape index (κ2) is 14.2. The van der Waals surface area contributed by atoms with Gasteiger partial charge in [-0.1, -0.05) is 29.3 Å². The van der Waals surface area contributed by atoms with Gasteiger partial charge in [0.25, 0.3) is 0 Å². The maximum Gasteiger partial charge on any atom is 0.309 e. The van der Waals surface area contributed by atoms with Gasteiger partial charge in [0.1, 0.15) is 23.5 Å². The first-order valence-corrected chi connectivity index (χ1v) is 10.7. The number of piperidine rings is 1. The minimum atomic E-state index is -0.796. The summed E-state index contributed by atoms with van der Waals surface area (Å²) in [6.07, 6.45) is 0.653. The SMILES string of the molecule is CCNC(=NCC(O)COc1cccc(Cl)c1Cl)N1CCC(C(=O)OCC)CC1.I. The number of esters is 1. The fraction of sp³-hybridized carbons (Fsp3) is 0.600. The number of aliphatic hydroxyl groups excluding tert-OH is 1. The van der Waals surface area contributed by atoms with Crippen LogP contribution in [0.3, 0.4) is 0 Å². The summed E-state index contributed by atoms with van der Waals surface area (Å²) in [5.74, 6) is 0.960. The van der Waals surface area contributed by atoms with E-state index in [1.165, 1.54) is 0 Å². The Labute approximate surface area is 205 Å². The molecule has 0 spiro atoms. The lowest BCUT2D eigenvalue weighted by molar-refractivity contribution is -0.149. The van der Waals surface area contributed by atoms with Gasteiger partial charge in [-0.2, -0.15) is 0 Å². The molecule has 10 heteroatoms. The van der Waals surface area contributed by atoms with E-state index in [-0.39, 0.29) is 49.0 Å². The van der Waals surface area contributed by atoms with Crippen molar-refractivity contribution < 1.29 is 19.4 Å². The molecule has 30 heavy (non-hydrogen) atoms. The highest BCUT2D eigenvalue weighted by Gasteiger charge is 2.27. The van der Waals surface area contributed by atoms with E-state index < -0.39 is 6.10 Å². The highest BCUT2D eigenvalue weighted by molar-refractivity contribution is 14.0. The first-order valence-electron chi connectivity index (χ1n) is 9.91. The first kappa shape index (κ1) is 27.1. The molecule has 0 amide bonds. The highest BCUT2D eigenvalue weighted by Crippen LogP contribution is 2.31. The minimum absolute atomic E-state index is 0. The highest BCUT2D eigenvalue weighted by atomic mass is 127. The van der Waals surface area contributed by atoms with Crippen molar-refractivity contribution in [1.29, 1.82) is 0 Å². The van der Waals surface area contributed by atoms with Crippen LogP contribution in [0.4, 0.5) is 0 Å². The second-order valence-electron chi connectivity index (χ2n) is 6.72. The van der Waals surface area contributed by atoms with Crippen LogP contribution in [0.15, 0.2) is 23.2 Å². The molecule has 0 aromatic heterocycles. The molecule has 170 valence electrons. The zero-order chi connectivity index (χ0) is 21.2. The summed E-state index contributed by atoms with van der Waals surface area (Å²) in [5.41, 5.74) is 0. The number of nitrogens with one attached hydrogen (secondary N) is 1. The van der Waals surface area contributed by atoms with Gasteiger partial charge in [0.2, 0.25) is 0 Å². The molecular formula is C20H30Cl2IN3O4. The lowest BCUT2D eigenvalue weighted by Gasteiger charge is -2.33. The topological polar surface area (TPSA) is 83.4 Å². The lowest BCUT2D eigenvalue weighted by Crippen LogP contribution is -2.47. The quantitative estimate of drug-likeness (QED) is 0.214. The largest absolute Gasteiger partial charge is 0.489 e. The number of guanidine groups is 1. The van der Waals surface area contributed by atoms with Crippen LogP contribution in [0, 0.1) is 5.92 Å². The average Bonchev–Trinajstić information content (AvgIpc) is 2.72. The molecular weight excluding hydrogens is 544 g/mol. The Bertz CT molecular complexity index is 701. The number of likely N-dealkylation sites (tertiary alicyclic amines) is 1. The molecule has 1 fully saturated rings. The van der Waals surface area contributed by atoms with E-state index in [4.69, 9.17) is 32.7 Å². The van der Waals surface area contributed by atoms with Crippen molar-refractivity contribution in [3.8, 4) is 5.75 Å². The Kier molecular flexibility index (Phi) is 12.8. The summed E-state index contributed by atoms with van der Waals surface area (Å²) in [6, 6.07) is 5.10. The number of hydrogen-bond acceptors (Lipinski definition) is 5. The fourth-order valence-electron chi connectivity index (χ4n) is 3.04. The van der Waals surface area contributed by atoms with Gasteiger partial charge in [-0.15, -0.1) is 24.0 Å². The summed E-state index contributed by atoms with van der Waals surface area (Å²) >= 11 is 12.0. The van der Waals surface area contributed by atoms with Gasteiger partial charge in [0.15, 0.2) is 5.96 Å². The molecule has 0 saturated carbocycles. The number of halogens is 3. The maximum atomic E-state index is 11.9. The normalized spacial score (nSPS) is 15.9. The summed E-state index contributed by atoms with van der Waals surface area (Å²) in [4.78, 5) is 18.5. The molecule has 1 atom stereocenters. The lowest BCUT2D eigenvalue weighted by atomic mass is 9.97. The van der Waals surface area contributed by atoms with Crippen molar-refractivity contribution in [1.82, 2.24) is 10.2 Å². The first-order chi connectivity index (χ1) is 14.0. The number of carbonyl (C=O) groups is 1. The summed E-state index contributed by atoms with van der Waals surface area (Å²) in [6.45, 7) is 6.57. The molecule has 1 heterocycles. The van der Waals surface area contributed by atoms with Crippen LogP contribution in [0.5, 0.6) is 5.75 Å². The molecule has 7 nitrogen and oxygen atoms in total. The van der Waals surface area contributed by atoms with E-state index in [0.717, 1.165) is 18.8 Å². The standard InChI is InChI=1S/C20H29Cl2N3O4.HI/c1-3-23-20(25-10-8-14(9-11-25)19(27)28-4-2)24-12-15(26)13-29-17-7-5-6-16(21)18(17)22;/h5-7,14-15,26H,3-4,8-13H2,1-2H3,(H,23,24);1H. The van der Waals surface area contributed by atoms with Gasteiger partial charge in [0.05, 0.1) is 24.1 Å². The molecule has 0 bridgehead atoms. The third-order valence-corrected chi connectivity index (χ3v) is 5.35. The predicted octanol–water partition coefficient (Wildman–Crippen LogP) is 3.59. The van der Waals surface area contributed by atoms with Crippen molar-refractivity contribution in [2.75, 3.05) is 39.4 Å². The van der Waals surface area contributed by atoms with Crippen molar-refractivity contribution in [2.24, 2.45) is 10.9 Å². The number of carbonyl (C=O) groups excluding carboxylic acids is 1. The van der Waals surface area contributed by atoms with Gasteiger partial charge in [-0.3, -0.25) is 9.79 Å². The Morgan fingerprint density at radius 1 is 1.33 bits per heavy atom. The molecule has 1 aliphatic heterocycles. The van der Waals surface area contributed by atoms with Crippen LogP contribution in [-0.2, 0) is 9.53 Å². The number of nitrogens with zero attached hydrogens (tertiary/aromatic N) is 2. The summed E-state index contributed by atoms with van der Waals surface area (Å²) in [5, 5.41) is 14.2. The number of rotatable bonds is 8. The van der Waals surface area contributed by atoms with Crippen LogP contribution in [0.25, 0.3) is 0 Å². The molecule has 0 aliphatic carbocycles. The number of benzene rings is 1. The van der Waals surface area contributed by atoms with Crippen LogP contribution in [0.2, 0.25) is 10.0 Å². The van der Waals surface area contributed by atoms with E-state index in [9.17, 15) is 9.90 Å².